The third-order valence-electron chi connectivity index (χ3n) is 6.78. The molecular weight excluding hydrogens is 571 g/mol. The van der Waals surface area contributed by atoms with Gasteiger partial charge < -0.3 is 9.64 Å². The van der Waals surface area contributed by atoms with Gasteiger partial charge in [-0.25, -0.2) is 18.2 Å². The van der Waals surface area contributed by atoms with Crippen molar-refractivity contribution in [2.75, 3.05) is 19.7 Å². The molecule has 4 nitrogen and oxygen atoms in total. The molecule has 40 heavy (non-hydrogen) atoms. The first-order chi connectivity index (χ1) is 19.1. The van der Waals surface area contributed by atoms with Crippen molar-refractivity contribution in [3.8, 4) is 27.4 Å². The standard InChI is InChI=1S/C29H22ClF5N2O2S/c1-15-2-4-17(5-3-15)28-26(16-6-8-19(30)9-7-16)36-29(40-28)18-10-12-37(13-11-18)20(38)14-39-27-24(34)22(32)21(31)23(33)25(27)35/h2-9,18H,10-14H2,1H3. The van der Waals surface area contributed by atoms with Crippen LogP contribution >= 0.6 is 22.9 Å². The Hall–Kier alpha value is -3.50. The number of thiazole rings is 1. The van der Waals surface area contributed by atoms with Gasteiger partial charge in [-0.3, -0.25) is 4.79 Å². The molecule has 1 amide bonds. The van der Waals surface area contributed by atoms with Gasteiger partial charge >= 0.3 is 0 Å². The van der Waals surface area contributed by atoms with Gasteiger partial charge in [0.25, 0.3) is 5.91 Å². The van der Waals surface area contributed by atoms with Crippen molar-refractivity contribution in [3.63, 3.8) is 0 Å². The Balaban J connectivity index is 1.29. The monoisotopic (exact) mass is 592 g/mol. The molecule has 3 aromatic carbocycles. The Morgan fingerprint density at radius 2 is 1.45 bits per heavy atom. The predicted molar refractivity (Wildman–Crippen MR) is 143 cm³/mol. The summed E-state index contributed by atoms with van der Waals surface area (Å²) in [6, 6.07) is 15.7. The minimum atomic E-state index is -2.29. The second-order valence-electron chi connectivity index (χ2n) is 9.45. The molecule has 0 aliphatic carbocycles. The van der Waals surface area contributed by atoms with Crippen LogP contribution in [-0.2, 0) is 4.79 Å². The summed E-state index contributed by atoms with van der Waals surface area (Å²) in [4.78, 5) is 20.1. The number of hydrogen-bond donors (Lipinski definition) is 0. The lowest BCUT2D eigenvalue weighted by Gasteiger charge is -2.31. The Morgan fingerprint density at radius 1 is 0.900 bits per heavy atom. The summed E-state index contributed by atoms with van der Waals surface area (Å²) in [7, 11) is 0. The van der Waals surface area contributed by atoms with Crippen LogP contribution in [0.3, 0.4) is 0 Å². The smallest absolute Gasteiger partial charge is 0.260 e. The summed E-state index contributed by atoms with van der Waals surface area (Å²) in [6.45, 7) is 1.79. The van der Waals surface area contributed by atoms with Gasteiger partial charge in [0.2, 0.25) is 29.1 Å². The number of aryl methyl sites for hydroxylation is 1. The molecule has 0 unspecified atom stereocenters. The van der Waals surface area contributed by atoms with Crippen molar-refractivity contribution in [2.45, 2.75) is 25.7 Å². The number of ether oxygens (including phenoxy) is 1. The normalized spacial score (nSPS) is 14.0. The van der Waals surface area contributed by atoms with E-state index in [0.717, 1.165) is 32.3 Å². The van der Waals surface area contributed by atoms with E-state index >= 15 is 0 Å². The lowest BCUT2D eigenvalue weighted by molar-refractivity contribution is -0.134. The van der Waals surface area contributed by atoms with Crippen molar-refractivity contribution >= 4 is 28.8 Å². The van der Waals surface area contributed by atoms with Gasteiger partial charge in [-0.2, -0.15) is 8.78 Å². The quantitative estimate of drug-likeness (QED) is 0.130. The maximum atomic E-state index is 13.9. The van der Waals surface area contributed by atoms with Crippen molar-refractivity contribution in [1.29, 1.82) is 0 Å². The maximum absolute atomic E-state index is 13.9. The number of piperidine rings is 1. The molecule has 0 spiro atoms. The summed E-state index contributed by atoms with van der Waals surface area (Å²) in [5.41, 5.74) is 3.95. The van der Waals surface area contributed by atoms with E-state index in [9.17, 15) is 26.7 Å². The third-order valence-corrected chi connectivity index (χ3v) is 8.30. The number of carbonyl (C=O) groups is 1. The van der Waals surface area contributed by atoms with Crippen molar-refractivity contribution in [1.82, 2.24) is 9.88 Å². The molecule has 0 saturated carbocycles. The van der Waals surface area contributed by atoms with Gasteiger partial charge in [-0.05, 0) is 37.5 Å². The first kappa shape index (κ1) is 28.0. The second-order valence-corrected chi connectivity index (χ2v) is 10.9. The van der Waals surface area contributed by atoms with E-state index in [2.05, 4.69) is 12.1 Å². The maximum Gasteiger partial charge on any atom is 0.260 e. The average molecular weight is 593 g/mol. The van der Waals surface area contributed by atoms with E-state index in [-0.39, 0.29) is 5.92 Å². The van der Waals surface area contributed by atoms with Crippen LogP contribution < -0.4 is 4.74 Å². The molecule has 1 saturated heterocycles. The van der Waals surface area contributed by atoms with E-state index in [0.29, 0.717) is 31.0 Å². The third kappa shape index (κ3) is 5.55. The molecule has 208 valence electrons. The fourth-order valence-corrected chi connectivity index (χ4v) is 5.92. The minimum Gasteiger partial charge on any atom is -0.477 e. The highest BCUT2D eigenvalue weighted by molar-refractivity contribution is 7.15. The Morgan fingerprint density at radius 3 is 2.05 bits per heavy atom. The van der Waals surface area contributed by atoms with Gasteiger partial charge in [0, 0.05) is 29.6 Å². The number of aromatic nitrogens is 1. The van der Waals surface area contributed by atoms with Gasteiger partial charge in [0.05, 0.1) is 15.6 Å². The van der Waals surface area contributed by atoms with E-state index in [1.165, 1.54) is 4.90 Å². The zero-order valence-electron chi connectivity index (χ0n) is 21.1. The number of amides is 1. The Kier molecular flexibility index (Phi) is 8.09. The van der Waals surface area contributed by atoms with E-state index in [1.807, 2.05) is 43.3 Å². The topological polar surface area (TPSA) is 42.4 Å². The molecule has 1 aromatic heterocycles. The lowest BCUT2D eigenvalue weighted by Crippen LogP contribution is -2.40. The van der Waals surface area contributed by atoms with E-state index in [4.69, 9.17) is 21.3 Å². The first-order valence-electron chi connectivity index (χ1n) is 12.4. The molecule has 4 aromatic rings. The van der Waals surface area contributed by atoms with Crippen LogP contribution in [0.25, 0.3) is 21.7 Å². The van der Waals surface area contributed by atoms with Crippen LogP contribution in [0, 0.1) is 36.0 Å². The molecule has 5 rings (SSSR count). The number of benzene rings is 3. The largest absolute Gasteiger partial charge is 0.477 e. The average Bonchev–Trinajstić information content (AvgIpc) is 3.41. The molecular formula is C29H22ClF5N2O2S. The highest BCUT2D eigenvalue weighted by atomic mass is 35.5. The van der Waals surface area contributed by atoms with Crippen LogP contribution in [0.2, 0.25) is 5.02 Å². The molecule has 1 fully saturated rings. The fourth-order valence-electron chi connectivity index (χ4n) is 4.53. The summed E-state index contributed by atoms with van der Waals surface area (Å²) >= 11 is 7.68. The zero-order chi connectivity index (χ0) is 28.6. The lowest BCUT2D eigenvalue weighted by atomic mass is 9.97. The highest BCUT2D eigenvalue weighted by Crippen LogP contribution is 2.42. The van der Waals surface area contributed by atoms with Crippen LogP contribution in [0.1, 0.15) is 29.3 Å². The second kappa shape index (κ2) is 11.5. The molecule has 0 radical (unpaired) electrons. The fraction of sp³-hybridized carbons (Fsp3) is 0.241. The van der Waals surface area contributed by atoms with Crippen molar-refractivity contribution < 1.29 is 31.5 Å². The summed E-state index contributed by atoms with van der Waals surface area (Å²) in [6.07, 6.45) is 1.16. The molecule has 2 heterocycles. The van der Waals surface area contributed by atoms with Crippen LogP contribution in [0.4, 0.5) is 22.0 Å². The Labute approximate surface area is 236 Å². The number of rotatable bonds is 6. The van der Waals surface area contributed by atoms with E-state index < -0.39 is 47.3 Å². The molecule has 0 atom stereocenters. The minimum absolute atomic E-state index is 0.0652. The molecule has 1 aliphatic heterocycles. The number of hydrogen-bond acceptors (Lipinski definition) is 4. The van der Waals surface area contributed by atoms with Crippen molar-refractivity contribution in [2.24, 2.45) is 0 Å². The van der Waals surface area contributed by atoms with Crippen LogP contribution in [0.15, 0.2) is 48.5 Å². The van der Waals surface area contributed by atoms with E-state index in [1.54, 1.807) is 11.3 Å². The Bertz CT molecular complexity index is 1460. The van der Waals surface area contributed by atoms with Crippen LogP contribution in [0.5, 0.6) is 5.75 Å². The van der Waals surface area contributed by atoms with Gasteiger partial charge in [-0.1, -0.05) is 53.6 Å². The highest BCUT2D eigenvalue weighted by Gasteiger charge is 2.30. The number of nitrogens with zero attached hydrogens (tertiary/aromatic N) is 2. The predicted octanol–water partition coefficient (Wildman–Crippen LogP) is 7.92. The summed E-state index contributed by atoms with van der Waals surface area (Å²) < 4.78 is 72.6. The van der Waals surface area contributed by atoms with Crippen molar-refractivity contribution in [3.05, 3.63) is 93.2 Å². The molecule has 1 aliphatic rings. The SMILES string of the molecule is Cc1ccc(-c2sc(C3CCN(C(=O)COc4c(F)c(F)c(F)c(F)c4F)CC3)nc2-c2ccc(Cl)cc2)cc1. The van der Waals surface area contributed by atoms with Crippen LogP contribution in [-0.4, -0.2) is 35.5 Å². The zero-order valence-corrected chi connectivity index (χ0v) is 22.7. The first-order valence-corrected chi connectivity index (χ1v) is 13.6. The number of likely N-dealkylation sites (tertiary alicyclic amines) is 1. The van der Waals surface area contributed by atoms with Gasteiger partial charge in [-0.15, -0.1) is 11.3 Å². The van der Waals surface area contributed by atoms with Gasteiger partial charge in [0.1, 0.15) is 0 Å². The molecule has 11 heteroatoms. The number of halogens is 6. The summed E-state index contributed by atoms with van der Waals surface area (Å²) in [5.74, 6) is -12.8. The molecule has 0 bridgehead atoms. The van der Waals surface area contributed by atoms with Gasteiger partial charge in [0.15, 0.2) is 12.4 Å². The summed E-state index contributed by atoms with van der Waals surface area (Å²) in [5, 5.41) is 1.54. The molecule has 0 N–H and O–H groups in total. The number of carbonyl (C=O) groups excluding carboxylic acids is 1.